The SMILES string of the molecule is CCCCCCCCCC/C=C/C(O)C(CO)NC(=O)CCCCCCCCCCCCCCCCCCCCCCCCCCCOC(=O)CCCCCCCCCCCCCCCCCCCC. The summed E-state index contributed by atoms with van der Waals surface area (Å²) in [6, 6.07) is -0.624. The summed E-state index contributed by atoms with van der Waals surface area (Å²) in [6.07, 6.45) is 72.7. The first kappa shape index (κ1) is 68.6. The zero-order chi connectivity index (χ0) is 50.7. The van der Waals surface area contributed by atoms with Crippen LogP contribution in [0.1, 0.15) is 361 Å². The van der Waals surface area contributed by atoms with E-state index in [0.717, 1.165) is 38.5 Å². The number of aliphatic hydroxyl groups excluding tert-OH is 2. The normalized spacial score (nSPS) is 12.6. The van der Waals surface area contributed by atoms with Gasteiger partial charge in [0.1, 0.15) is 0 Å². The van der Waals surface area contributed by atoms with Crippen LogP contribution in [0.4, 0.5) is 0 Å². The Bertz CT molecular complexity index is 1050. The maximum absolute atomic E-state index is 12.4. The third-order valence-corrected chi connectivity index (χ3v) is 15.1. The number of amides is 1. The second-order valence-corrected chi connectivity index (χ2v) is 22.1. The maximum Gasteiger partial charge on any atom is 0.305 e. The minimum absolute atomic E-state index is 0.0209. The number of rotatable bonds is 60. The Morgan fingerprint density at radius 1 is 0.386 bits per heavy atom. The summed E-state index contributed by atoms with van der Waals surface area (Å²) < 4.78 is 5.51. The van der Waals surface area contributed by atoms with Crippen molar-refractivity contribution in [3.63, 3.8) is 0 Å². The molecular weight excluding hydrogens is 863 g/mol. The molecule has 0 saturated heterocycles. The summed E-state index contributed by atoms with van der Waals surface area (Å²) in [4.78, 5) is 24.5. The van der Waals surface area contributed by atoms with E-state index < -0.39 is 12.1 Å². The van der Waals surface area contributed by atoms with Crippen molar-refractivity contribution in [2.24, 2.45) is 0 Å². The number of hydrogen-bond donors (Lipinski definition) is 3. The van der Waals surface area contributed by atoms with Crippen molar-refractivity contribution >= 4 is 11.9 Å². The number of esters is 1. The van der Waals surface area contributed by atoms with Gasteiger partial charge in [0.15, 0.2) is 0 Å². The number of allylic oxidation sites excluding steroid dienone is 1. The molecule has 0 fully saturated rings. The predicted molar refractivity (Wildman–Crippen MR) is 306 cm³/mol. The minimum atomic E-state index is -0.840. The average molecular weight is 989 g/mol. The lowest BCUT2D eigenvalue weighted by atomic mass is 10.0. The fraction of sp³-hybridized carbons (Fsp3) is 0.938. The second-order valence-electron chi connectivity index (χ2n) is 22.1. The highest BCUT2D eigenvalue weighted by atomic mass is 16.5. The lowest BCUT2D eigenvalue weighted by Crippen LogP contribution is -2.45. The van der Waals surface area contributed by atoms with Crippen LogP contribution in [0.15, 0.2) is 12.2 Å². The number of aliphatic hydroxyl groups is 2. The number of carbonyl (C=O) groups is 2. The molecule has 0 aromatic carbocycles. The van der Waals surface area contributed by atoms with Gasteiger partial charge in [-0.25, -0.2) is 0 Å². The van der Waals surface area contributed by atoms with Crippen LogP contribution in [0.5, 0.6) is 0 Å². The van der Waals surface area contributed by atoms with Gasteiger partial charge in [0.25, 0.3) is 0 Å². The lowest BCUT2D eigenvalue weighted by molar-refractivity contribution is -0.143. The number of hydrogen-bond acceptors (Lipinski definition) is 5. The highest BCUT2D eigenvalue weighted by Crippen LogP contribution is 2.18. The quantitative estimate of drug-likeness (QED) is 0.0321. The Kier molecular flexibility index (Phi) is 59.0. The number of carbonyl (C=O) groups excluding carboxylic acids is 2. The second kappa shape index (κ2) is 60.2. The number of unbranched alkanes of at least 4 members (excludes halogenated alkanes) is 49. The van der Waals surface area contributed by atoms with Crippen LogP contribution in [-0.2, 0) is 14.3 Å². The highest BCUT2D eigenvalue weighted by Gasteiger charge is 2.18. The fourth-order valence-electron chi connectivity index (χ4n) is 10.2. The smallest absolute Gasteiger partial charge is 0.305 e. The fourth-order valence-corrected chi connectivity index (χ4v) is 10.2. The summed E-state index contributed by atoms with van der Waals surface area (Å²) in [5, 5.41) is 23.0. The molecule has 0 saturated carbocycles. The molecule has 0 aromatic rings. The van der Waals surface area contributed by atoms with Crippen molar-refractivity contribution in [3.05, 3.63) is 12.2 Å². The molecule has 0 aromatic heterocycles. The molecule has 0 rings (SSSR count). The van der Waals surface area contributed by atoms with E-state index >= 15 is 0 Å². The molecule has 1 amide bonds. The van der Waals surface area contributed by atoms with Gasteiger partial charge < -0.3 is 20.3 Å². The van der Waals surface area contributed by atoms with Crippen molar-refractivity contribution in [1.82, 2.24) is 5.32 Å². The standard InChI is InChI=1S/C64H125NO5/c1-3-5-7-9-11-13-15-16-17-18-29-32-35-38-42-46-50-54-58-64(69)70-59-55-51-47-43-39-36-33-30-27-25-23-21-19-20-22-24-26-28-31-34-37-41-45-49-53-57-63(68)65-61(60-66)62(67)56-52-48-44-40-14-12-10-8-6-4-2/h52,56,61-62,66-67H,3-51,53-55,57-60H2,1-2H3,(H,65,68)/b56-52+. The van der Waals surface area contributed by atoms with Crippen LogP contribution in [0.2, 0.25) is 0 Å². The molecule has 0 bridgehead atoms. The van der Waals surface area contributed by atoms with Crippen LogP contribution in [-0.4, -0.2) is 47.4 Å². The van der Waals surface area contributed by atoms with E-state index in [1.54, 1.807) is 6.08 Å². The molecule has 0 aliphatic rings. The summed E-state index contributed by atoms with van der Waals surface area (Å²) in [7, 11) is 0. The Morgan fingerprint density at radius 2 is 0.657 bits per heavy atom. The van der Waals surface area contributed by atoms with E-state index in [2.05, 4.69) is 19.2 Å². The monoisotopic (exact) mass is 988 g/mol. The molecule has 0 aliphatic carbocycles. The average Bonchev–Trinajstić information content (AvgIpc) is 3.36. The Hall–Kier alpha value is -1.40. The molecule has 3 N–H and O–H groups in total. The molecular formula is C64H125NO5. The predicted octanol–water partition coefficient (Wildman–Crippen LogP) is 20.0. The third kappa shape index (κ3) is 55.9. The van der Waals surface area contributed by atoms with Crippen LogP contribution in [0.3, 0.4) is 0 Å². The van der Waals surface area contributed by atoms with Gasteiger partial charge in [0.05, 0.1) is 25.4 Å². The molecule has 70 heavy (non-hydrogen) atoms. The molecule has 416 valence electrons. The Labute approximate surface area is 438 Å². The van der Waals surface area contributed by atoms with Crippen molar-refractivity contribution in [2.45, 2.75) is 373 Å². The van der Waals surface area contributed by atoms with Gasteiger partial charge in [0.2, 0.25) is 5.91 Å². The molecule has 0 radical (unpaired) electrons. The van der Waals surface area contributed by atoms with E-state index in [-0.39, 0.29) is 18.5 Å². The van der Waals surface area contributed by atoms with E-state index in [1.165, 1.54) is 295 Å². The van der Waals surface area contributed by atoms with Crippen LogP contribution < -0.4 is 5.32 Å². The van der Waals surface area contributed by atoms with Crippen LogP contribution in [0.25, 0.3) is 0 Å². The maximum atomic E-state index is 12.4. The molecule has 0 aliphatic heterocycles. The topological polar surface area (TPSA) is 95.9 Å². The third-order valence-electron chi connectivity index (χ3n) is 15.1. The lowest BCUT2D eigenvalue weighted by Gasteiger charge is -2.20. The van der Waals surface area contributed by atoms with Gasteiger partial charge >= 0.3 is 5.97 Å². The highest BCUT2D eigenvalue weighted by molar-refractivity contribution is 5.76. The van der Waals surface area contributed by atoms with Crippen molar-refractivity contribution in [1.29, 1.82) is 0 Å². The molecule has 0 heterocycles. The largest absolute Gasteiger partial charge is 0.466 e. The summed E-state index contributed by atoms with van der Waals surface area (Å²) >= 11 is 0. The zero-order valence-electron chi connectivity index (χ0n) is 47.5. The van der Waals surface area contributed by atoms with Gasteiger partial charge in [-0.05, 0) is 32.1 Å². The van der Waals surface area contributed by atoms with Crippen molar-refractivity contribution in [2.75, 3.05) is 13.2 Å². The number of nitrogens with one attached hydrogen (secondary N) is 1. The zero-order valence-corrected chi connectivity index (χ0v) is 47.5. The summed E-state index contributed by atoms with van der Waals surface area (Å²) in [5.74, 6) is -0.0457. The first-order valence-electron chi connectivity index (χ1n) is 32.0. The van der Waals surface area contributed by atoms with E-state index in [0.29, 0.717) is 19.4 Å². The molecule has 2 atom stereocenters. The van der Waals surface area contributed by atoms with Gasteiger partial charge in [-0.3, -0.25) is 9.59 Å². The molecule has 6 nitrogen and oxygen atoms in total. The van der Waals surface area contributed by atoms with E-state index in [1.807, 2.05) is 6.08 Å². The summed E-state index contributed by atoms with van der Waals surface area (Å²) in [6.45, 7) is 4.92. The molecule has 2 unspecified atom stereocenters. The van der Waals surface area contributed by atoms with Gasteiger partial charge in [-0.15, -0.1) is 0 Å². The van der Waals surface area contributed by atoms with Crippen LogP contribution >= 0.6 is 0 Å². The minimum Gasteiger partial charge on any atom is -0.466 e. The Balaban J connectivity index is 3.32. The van der Waals surface area contributed by atoms with Crippen LogP contribution in [0, 0.1) is 0 Å². The van der Waals surface area contributed by atoms with E-state index in [9.17, 15) is 19.8 Å². The number of ether oxygens (including phenoxy) is 1. The van der Waals surface area contributed by atoms with Crippen molar-refractivity contribution in [3.8, 4) is 0 Å². The first-order valence-corrected chi connectivity index (χ1v) is 32.0. The molecule has 0 spiro atoms. The van der Waals surface area contributed by atoms with E-state index in [4.69, 9.17) is 4.74 Å². The molecule has 6 heteroatoms. The summed E-state index contributed by atoms with van der Waals surface area (Å²) in [5.41, 5.74) is 0. The van der Waals surface area contributed by atoms with Gasteiger partial charge in [0, 0.05) is 12.8 Å². The van der Waals surface area contributed by atoms with Gasteiger partial charge in [-0.2, -0.15) is 0 Å². The Morgan fingerprint density at radius 3 is 0.971 bits per heavy atom. The van der Waals surface area contributed by atoms with Crippen molar-refractivity contribution < 1.29 is 24.5 Å². The van der Waals surface area contributed by atoms with Gasteiger partial charge in [-0.1, -0.05) is 328 Å². The first-order chi connectivity index (χ1) is 34.5.